The van der Waals surface area contributed by atoms with Gasteiger partial charge in [-0.15, -0.1) is 11.3 Å². The lowest BCUT2D eigenvalue weighted by Gasteiger charge is -2.22. The molecule has 3 aromatic rings. The van der Waals surface area contributed by atoms with Crippen LogP contribution in [0.25, 0.3) is 10.1 Å². The molecular formula is C19H16F3NO2S. The molecule has 1 amide bonds. The highest BCUT2D eigenvalue weighted by molar-refractivity contribution is 7.19. The van der Waals surface area contributed by atoms with Crippen molar-refractivity contribution in [1.82, 2.24) is 5.32 Å². The smallest absolute Gasteiger partial charge is 0.383 e. The van der Waals surface area contributed by atoms with Crippen molar-refractivity contribution >= 4 is 27.3 Å². The van der Waals surface area contributed by atoms with Gasteiger partial charge in [-0.3, -0.25) is 4.79 Å². The first kappa shape index (κ1) is 18.4. The number of fused-ring (bicyclic) bond motifs is 1. The van der Waals surface area contributed by atoms with Crippen LogP contribution in [0.5, 0.6) is 0 Å². The third-order valence-electron chi connectivity index (χ3n) is 4.03. The molecule has 0 unspecified atom stereocenters. The molecule has 0 aliphatic carbocycles. The van der Waals surface area contributed by atoms with Gasteiger partial charge in [0.25, 0.3) is 5.91 Å². The Labute approximate surface area is 152 Å². The first-order valence-corrected chi connectivity index (χ1v) is 8.66. The van der Waals surface area contributed by atoms with Gasteiger partial charge < -0.3 is 10.4 Å². The number of amides is 1. The maximum atomic E-state index is 13.0. The summed E-state index contributed by atoms with van der Waals surface area (Å²) >= 11 is 1.38. The van der Waals surface area contributed by atoms with Crippen LogP contribution < -0.4 is 5.32 Å². The van der Waals surface area contributed by atoms with Gasteiger partial charge >= 0.3 is 6.18 Å². The first-order valence-electron chi connectivity index (χ1n) is 7.84. The lowest BCUT2D eigenvalue weighted by Crippen LogP contribution is -2.38. The quantitative estimate of drug-likeness (QED) is 0.698. The van der Waals surface area contributed by atoms with E-state index in [1.54, 1.807) is 0 Å². The van der Waals surface area contributed by atoms with E-state index in [4.69, 9.17) is 0 Å². The largest absolute Gasteiger partial charge is 0.417 e. The molecule has 3 nitrogen and oxygen atoms in total. The Kier molecular flexibility index (Phi) is 4.77. The van der Waals surface area contributed by atoms with Crippen molar-refractivity contribution in [1.29, 1.82) is 0 Å². The highest BCUT2D eigenvalue weighted by atomic mass is 32.1. The maximum absolute atomic E-state index is 13.0. The van der Waals surface area contributed by atoms with E-state index in [1.807, 2.05) is 30.3 Å². The predicted octanol–water partition coefficient (Wildman–Crippen LogP) is 4.56. The topological polar surface area (TPSA) is 49.3 Å². The molecular weight excluding hydrogens is 363 g/mol. The predicted molar refractivity (Wildman–Crippen MR) is 95.2 cm³/mol. The molecule has 0 spiro atoms. The van der Waals surface area contributed by atoms with E-state index >= 15 is 0 Å². The molecule has 0 aliphatic rings. The summed E-state index contributed by atoms with van der Waals surface area (Å²) in [6.45, 7) is 1.32. The number of rotatable bonds is 4. The van der Waals surface area contributed by atoms with Crippen molar-refractivity contribution in [2.75, 3.05) is 6.54 Å². The fourth-order valence-corrected chi connectivity index (χ4v) is 3.72. The monoisotopic (exact) mass is 379 g/mol. The number of aliphatic hydroxyl groups is 1. The number of hydrogen-bond donors (Lipinski definition) is 2. The Balaban J connectivity index is 1.79. The van der Waals surface area contributed by atoms with E-state index in [2.05, 4.69) is 5.32 Å². The summed E-state index contributed by atoms with van der Waals surface area (Å²) < 4.78 is 40.1. The van der Waals surface area contributed by atoms with E-state index in [-0.39, 0.29) is 6.54 Å². The van der Waals surface area contributed by atoms with Gasteiger partial charge in [0.15, 0.2) is 0 Å². The average Bonchev–Trinajstić information content (AvgIpc) is 3.04. The molecule has 1 heterocycles. The van der Waals surface area contributed by atoms with Crippen LogP contribution in [0, 0.1) is 0 Å². The zero-order valence-corrected chi connectivity index (χ0v) is 14.6. The van der Waals surface area contributed by atoms with Crippen LogP contribution in [-0.2, 0) is 11.8 Å². The number of alkyl halides is 3. The summed E-state index contributed by atoms with van der Waals surface area (Å²) in [6.07, 6.45) is -4.62. The highest BCUT2D eigenvalue weighted by Gasteiger charge is 2.35. The van der Waals surface area contributed by atoms with Crippen molar-refractivity contribution in [3.8, 4) is 0 Å². The lowest BCUT2D eigenvalue weighted by molar-refractivity contribution is -0.137. The van der Waals surface area contributed by atoms with Gasteiger partial charge in [-0.1, -0.05) is 30.3 Å². The van der Waals surface area contributed by atoms with Crippen molar-refractivity contribution in [2.24, 2.45) is 0 Å². The van der Waals surface area contributed by atoms with Gasteiger partial charge in [0.05, 0.1) is 17.7 Å². The second kappa shape index (κ2) is 6.74. The van der Waals surface area contributed by atoms with Crippen LogP contribution in [0.15, 0.2) is 54.6 Å². The lowest BCUT2D eigenvalue weighted by atomic mass is 10.0. The Hall–Kier alpha value is -2.38. The molecule has 136 valence electrons. The molecule has 0 aliphatic heterocycles. The molecule has 26 heavy (non-hydrogen) atoms. The fraction of sp³-hybridized carbons (Fsp3) is 0.211. The summed E-state index contributed by atoms with van der Waals surface area (Å²) in [5.74, 6) is -0.876. The molecule has 0 saturated heterocycles. The van der Waals surface area contributed by atoms with E-state index in [0.717, 1.165) is 22.2 Å². The average molecular weight is 379 g/mol. The Morgan fingerprint density at radius 3 is 2.46 bits per heavy atom. The summed E-state index contributed by atoms with van der Waals surface area (Å²) in [5, 5.41) is 14.1. The van der Waals surface area contributed by atoms with Gasteiger partial charge in [0, 0.05) is 9.58 Å². The van der Waals surface area contributed by atoms with Crippen molar-refractivity contribution in [3.05, 3.63) is 70.6 Å². The molecule has 1 atom stereocenters. The van der Waals surface area contributed by atoms with Gasteiger partial charge in [-0.2, -0.15) is 13.2 Å². The van der Waals surface area contributed by atoms with E-state index in [1.165, 1.54) is 30.4 Å². The van der Waals surface area contributed by atoms with E-state index in [0.29, 0.717) is 4.88 Å². The minimum Gasteiger partial charge on any atom is -0.383 e. The Bertz CT molecular complexity index is 914. The van der Waals surface area contributed by atoms with E-state index < -0.39 is 28.8 Å². The molecule has 0 radical (unpaired) electrons. The normalized spacial score (nSPS) is 14.2. The highest BCUT2D eigenvalue weighted by Crippen LogP contribution is 2.34. The van der Waals surface area contributed by atoms with Crippen molar-refractivity contribution < 1.29 is 23.1 Å². The van der Waals surface area contributed by atoms with Crippen LogP contribution in [0.2, 0.25) is 0 Å². The molecule has 0 fully saturated rings. The number of nitrogens with one attached hydrogen (secondary N) is 1. The van der Waals surface area contributed by atoms with Crippen LogP contribution in [0.4, 0.5) is 13.2 Å². The molecule has 0 bridgehead atoms. The van der Waals surface area contributed by atoms with Crippen LogP contribution in [0.1, 0.15) is 27.7 Å². The third-order valence-corrected chi connectivity index (χ3v) is 5.40. The molecule has 2 aromatic carbocycles. The number of carbonyl (C=O) groups excluding carboxylic acids is 1. The number of halogens is 3. The van der Waals surface area contributed by atoms with Gasteiger partial charge in [-0.25, -0.2) is 0 Å². The van der Waals surface area contributed by atoms with Gasteiger partial charge in [0.1, 0.15) is 5.60 Å². The summed E-state index contributed by atoms with van der Waals surface area (Å²) in [6, 6.07) is 14.0. The minimum atomic E-state index is -4.62. The third kappa shape index (κ3) is 3.73. The SMILES string of the molecule is C[C@](O)(CNC(=O)c1ccccc1C(F)(F)F)c1cc2ccccc2s1. The second-order valence-electron chi connectivity index (χ2n) is 6.15. The Morgan fingerprint density at radius 1 is 1.12 bits per heavy atom. The molecule has 2 N–H and O–H groups in total. The molecule has 7 heteroatoms. The summed E-state index contributed by atoms with van der Waals surface area (Å²) in [4.78, 5) is 12.9. The zero-order valence-electron chi connectivity index (χ0n) is 13.8. The second-order valence-corrected chi connectivity index (χ2v) is 7.23. The number of hydrogen-bond acceptors (Lipinski definition) is 3. The maximum Gasteiger partial charge on any atom is 0.417 e. The van der Waals surface area contributed by atoms with Crippen molar-refractivity contribution in [2.45, 2.75) is 18.7 Å². The number of thiophene rings is 1. The molecule has 0 saturated carbocycles. The molecule has 3 rings (SSSR count). The van der Waals surface area contributed by atoms with Crippen LogP contribution >= 0.6 is 11.3 Å². The first-order chi connectivity index (χ1) is 12.2. The summed E-state index contributed by atoms with van der Waals surface area (Å²) in [5.41, 5.74) is -2.86. The Morgan fingerprint density at radius 2 is 1.77 bits per heavy atom. The number of carbonyl (C=O) groups is 1. The molecule has 1 aromatic heterocycles. The number of benzene rings is 2. The zero-order chi connectivity index (χ0) is 18.9. The van der Waals surface area contributed by atoms with Crippen molar-refractivity contribution in [3.63, 3.8) is 0 Å². The minimum absolute atomic E-state index is 0.204. The fourth-order valence-electron chi connectivity index (χ4n) is 2.61. The van der Waals surface area contributed by atoms with Crippen LogP contribution in [0.3, 0.4) is 0 Å². The van der Waals surface area contributed by atoms with Gasteiger partial charge in [-0.05, 0) is 36.6 Å². The van der Waals surface area contributed by atoms with Crippen LogP contribution in [-0.4, -0.2) is 17.6 Å². The van der Waals surface area contributed by atoms with Gasteiger partial charge in [0.2, 0.25) is 0 Å². The van der Waals surface area contributed by atoms with E-state index in [9.17, 15) is 23.1 Å². The standard InChI is InChI=1S/C19H16F3NO2S/c1-18(25,16-10-12-6-2-5-9-15(12)26-16)11-23-17(24)13-7-3-4-8-14(13)19(20,21)22/h2-10,25H,11H2,1H3,(H,23,24)/t18-/m0/s1. The summed E-state index contributed by atoms with van der Waals surface area (Å²) in [7, 11) is 0.